The van der Waals surface area contributed by atoms with Crippen LogP contribution in [-0.4, -0.2) is 17.9 Å². The Hall–Kier alpha value is -1.06. The quantitative estimate of drug-likeness (QED) is 0.642. The predicted octanol–water partition coefficient (Wildman–Crippen LogP) is 0.167. The minimum atomic E-state index is -0.207. The highest BCUT2D eigenvalue weighted by molar-refractivity contribution is 5.77. The van der Waals surface area contributed by atoms with Crippen LogP contribution in [0.1, 0.15) is 32.6 Å². The largest absolute Gasteiger partial charge is 0.369 e. The Balaban J connectivity index is 2.30. The summed E-state index contributed by atoms with van der Waals surface area (Å²) < 4.78 is 0. The molecule has 0 aliphatic heterocycles. The van der Waals surface area contributed by atoms with E-state index < -0.39 is 0 Å². The van der Waals surface area contributed by atoms with Gasteiger partial charge in [0.15, 0.2) is 0 Å². The molecule has 3 N–H and O–H groups in total. The zero-order valence-electron chi connectivity index (χ0n) is 7.88. The summed E-state index contributed by atoms with van der Waals surface area (Å²) in [5.41, 5.74) is 5.19. The summed E-state index contributed by atoms with van der Waals surface area (Å²) >= 11 is 0. The molecule has 1 aliphatic carbocycles. The van der Waals surface area contributed by atoms with Crippen LogP contribution in [0.3, 0.4) is 0 Å². The number of carbonyl (C=O) groups excluding carboxylic acids is 2. The second kappa shape index (κ2) is 4.25. The van der Waals surface area contributed by atoms with Crippen LogP contribution in [0.25, 0.3) is 0 Å². The summed E-state index contributed by atoms with van der Waals surface area (Å²) in [6.07, 6.45) is 3.35. The lowest BCUT2D eigenvalue weighted by Gasteiger charge is -2.26. The van der Waals surface area contributed by atoms with Crippen molar-refractivity contribution in [3.63, 3.8) is 0 Å². The van der Waals surface area contributed by atoms with E-state index in [1.54, 1.807) is 0 Å². The molecule has 2 amide bonds. The molecule has 1 aliphatic rings. The maximum absolute atomic E-state index is 10.8. The van der Waals surface area contributed by atoms with Gasteiger partial charge in [0.05, 0.1) is 0 Å². The van der Waals surface area contributed by atoms with Crippen molar-refractivity contribution in [2.75, 3.05) is 0 Å². The first kappa shape index (κ1) is 10.0. The molecular formula is C9H16N2O2. The average molecular weight is 184 g/mol. The van der Waals surface area contributed by atoms with Gasteiger partial charge >= 0.3 is 0 Å². The summed E-state index contributed by atoms with van der Waals surface area (Å²) in [5, 5.41) is 2.85. The number of hydrogen-bond acceptors (Lipinski definition) is 2. The third-order valence-corrected chi connectivity index (χ3v) is 2.54. The van der Waals surface area contributed by atoms with Gasteiger partial charge in [0.1, 0.15) is 0 Å². The zero-order chi connectivity index (χ0) is 9.84. The molecule has 0 spiro atoms. The van der Waals surface area contributed by atoms with Crippen molar-refractivity contribution in [1.29, 1.82) is 0 Å². The monoisotopic (exact) mass is 184 g/mol. The highest BCUT2D eigenvalue weighted by Gasteiger charge is 2.24. The Kier molecular flexibility index (Phi) is 3.28. The molecule has 74 valence electrons. The Morgan fingerprint density at radius 3 is 2.15 bits per heavy atom. The van der Waals surface area contributed by atoms with Crippen LogP contribution >= 0.6 is 0 Å². The molecule has 1 fully saturated rings. The predicted molar refractivity (Wildman–Crippen MR) is 48.8 cm³/mol. The van der Waals surface area contributed by atoms with E-state index >= 15 is 0 Å². The normalized spacial score (nSPS) is 28.1. The van der Waals surface area contributed by atoms with E-state index in [0.29, 0.717) is 0 Å². The van der Waals surface area contributed by atoms with Gasteiger partial charge < -0.3 is 11.1 Å². The molecule has 0 unspecified atom stereocenters. The fourth-order valence-corrected chi connectivity index (χ4v) is 1.81. The first-order valence-electron chi connectivity index (χ1n) is 4.66. The fourth-order valence-electron chi connectivity index (χ4n) is 1.81. The van der Waals surface area contributed by atoms with Crippen molar-refractivity contribution < 1.29 is 9.59 Å². The van der Waals surface area contributed by atoms with Crippen molar-refractivity contribution in [3.05, 3.63) is 0 Å². The first-order chi connectivity index (χ1) is 6.09. The summed E-state index contributed by atoms with van der Waals surface area (Å²) in [6.45, 7) is 1.51. The molecular weight excluding hydrogens is 168 g/mol. The number of nitrogens with one attached hydrogen (secondary N) is 1. The first-order valence-corrected chi connectivity index (χ1v) is 4.66. The van der Waals surface area contributed by atoms with Gasteiger partial charge in [0, 0.05) is 18.9 Å². The van der Waals surface area contributed by atoms with Crippen LogP contribution < -0.4 is 11.1 Å². The van der Waals surface area contributed by atoms with Crippen molar-refractivity contribution in [1.82, 2.24) is 5.32 Å². The molecule has 0 aromatic rings. The summed E-state index contributed by atoms with van der Waals surface area (Å²) in [4.78, 5) is 21.5. The van der Waals surface area contributed by atoms with Gasteiger partial charge in [-0.1, -0.05) is 0 Å². The molecule has 0 radical (unpaired) electrons. The lowest BCUT2D eigenvalue weighted by molar-refractivity contribution is -0.122. The second-order valence-corrected chi connectivity index (χ2v) is 3.65. The summed E-state index contributed by atoms with van der Waals surface area (Å²) in [6, 6.07) is 0.244. The SMILES string of the molecule is CC(=O)NC1CCC(C(N)=O)CC1. The standard InChI is InChI=1S/C9H16N2O2/c1-6(12)11-8-4-2-7(3-5-8)9(10)13/h7-8H,2-5H2,1H3,(H2,10,13)(H,11,12). The zero-order valence-corrected chi connectivity index (χ0v) is 7.88. The maximum atomic E-state index is 10.8. The third kappa shape index (κ3) is 3.05. The van der Waals surface area contributed by atoms with Gasteiger partial charge in [-0.15, -0.1) is 0 Å². The highest BCUT2D eigenvalue weighted by Crippen LogP contribution is 2.23. The van der Waals surface area contributed by atoms with Crippen molar-refractivity contribution in [2.24, 2.45) is 11.7 Å². The number of rotatable bonds is 2. The number of nitrogens with two attached hydrogens (primary N) is 1. The number of primary amides is 1. The number of carbonyl (C=O) groups is 2. The smallest absolute Gasteiger partial charge is 0.220 e. The van der Waals surface area contributed by atoms with Crippen molar-refractivity contribution in [3.8, 4) is 0 Å². The van der Waals surface area contributed by atoms with Gasteiger partial charge in [0.25, 0.3) is 0 Å². The van der Waals surface area contributed by atoms with Crippen LogP contribution in [0.15, 0.2) is 0 Å². The van der Waals surface area contributed by atoms with Gasteiger partial charge in [0.2, 0.25) is 11.8 Å². The maximum Gasteiger partial charge on any atom is 0.220 e. The van der Waals surface area contributed by atoms with Crippen molar-refractivity contribution >= 4 is 11.8 Å². The van der Waals surface area contributed by atoms with E-state index in [4.69, 9.17) is 5.73 Å². The molecule has 1 rings (SSSR count). The minimum absolute atomic E-state index is 0.00234. The molecule has 0 aromatic carbocycles. The molecule has 4 heteroatoms. The highest BCUT2D eigenvalue weighted by atomic mass is 16.1. The van der Waals surface area contributed by atoms with Crippen LogP contribution in [0.4, 0.5) is 0 Å². The average Bonchev–Trinajstić information content (AvgIpc) is 2.04. The van der Waals surface area contributed by atoms with E-state index in [2.05, 4.69) is 5.32 Å². The van der Waals surface area contributed by atoms with Gasteiger partial charge in [-0.05, 0) is 25.7 Å². The molecule has 4 nitrogen and oxygen atoms in total. The van der Waals surface area contributed by atoms with E-state index in [0.717, 1.165) is 25.7 Å². The third-order valence-electron chi connectivity index (χ3n) is 2.54. The fraction of sp³-hybridized carbons (Fsp3) is 0.778. The van der Waals surface area contributed by atoms with Gasteiger partial charge in [-0.25, -0.2) is 0 Å². The number of hydrogen-bond donors (Lipinski definition) is 2. The molecule has 0 saturated heterocycles. The van der Waals surface area contributed by atoms with E-state index in [9.17, 15) is 9.59 Å². The molecule has 0 atom stereocenters. The Labute approximate surface area is 77.9 Å². The molecule has 1 saturated carbocycles. The Morgan fingerprint density at radius 2 is 1.77 bits per heavy atom. The lowest BCUT2D eigenvalue weighted by atomic mass is 9.85. The molecule has 0 heterocycles. The van der Waals surface area contributed by atoms with E-state index in [1.807, 2.05) is 0 Å². The van der Waals surface area contributed by atoms with Gasteiger partial charge in [-0.2, -0.15) is 0 Å². The minimum Gasteiger partial charge on any atom is -0.369 e. The van der Waals surface area contributed by atoms with Crippen LogP contribution in [0, 0.1) is 5.92 Å². The van der Waals surface area contributed by atoms with Crippen LogP contribution in [-0.2, 0) is 9.59 Å². The van der Waals surface area contributed by atoms with Gasteiger partial charge in [-0.3, -0.25) is 9.59 Å². The van der Waals surface area contributed by atoms with E-state index in [1.165, 1.54) is 6.92 Å². The van der Waals surface area contributed by atoms with Crippen molar-refractivity contribution in [2.45, 2.75) is 38.6 Å². The summed E-state index contributed by atoms with van der Waals surface area (Å²) in [5.74, 6) is -0.186. The number of amides is 2. The van der Waals surface area contributed by atoms with Crippen LogP contribution in [0.2, 0.25) is 0 Å². The topological polar surface area (TPSA) is 72.2 Å². The molecule has 0 aromatic heterocycles. The molecule has 0 bridgehead atoms. The molecule has 13 heavy (non-hydrogen) atoms. The van der Waals surface area contributed by atoms with Crippen LogP contribution in [0.5, 0.6) is 0 Å². The summed E-state index contributed by atoms with van der Waals surface area (Å²) in [7, 11) is 0. The Morgan fingerprint density at radius 1 is 1.23 bits per heavy atom. The lowest BCUT2D eigenvalue weighted by Crippen LogP contribution is -2.38. The van der Waals surface area contributed by atoms with E-state index in [-0.39, 0.29) is 23.8 Å². The Bertz CT molecular complexity index is 208. The second-order valence-electron chi connectivity index (χ2n) is 3.65.